The Morgan fingerprint density at radius 2 is 1.75 bits per heavy atom. The van der Waals surface area contributed by atoms with Gasteiger partial charge in [0.25, 0.3) is 5.56 Å². The molecule has 6 aromatic rings. The van der Waals surface area contributed by atoms with Gasteiger partial charge >= 0.3 is 5.63 Å². The van der Waals surface area contributed by atoms with Crippen molar-refractivity contribution in [1.82, 2.24) is 9.38 Å². The van der Waals surface area contributed by atoms with Gasteiger partial charge in [0.2, 0.25) is 0 Å². The predicted octanol–water partition coefficient (Wildman–Crippen LogP) is 4.37. The summed E-state index contributed by atoms with van der Waals surface area (Å²) in [5.41, 5.74) is 4.38. The smallest absolute Gasteiger partial charge is 0.344 e. The Hall–Kier alpha value is -5.22. The molecule has 0 aliphatic rings. The number of benzene rings is 3. The van der Waals surface area contributed by atoms with E-state index in [0.717, 1.165) is 16.6 Å². The monoisotopic (exact) mass is 470 g/mol. The van der Waals surface area contributed by atoms with Crippen LogP contribution in [0.3, 0.4) is 0 Å². The first kappa shape index (κ1) is 21.3. The fourth-order valence-electron chi connectivity index (χ4n) is 4.45. The van der Waals surface area contributed by atoms with Gasteiger partial charge in [0, 0.05) is 17.3 Å². The standard InChI is InChI=1S/C29H18N4O3/c1-17-22(15-30)27-32-24-7-3-4-8-25(24)33(27)28(34)23(17)16-31-20-12-10-18(11-13-20)21-14-19-6-2-5-9-26(19)36-29(21)35/h2-14,16,31H,1H3/b23-16-. The van der Waals surface area contributed by atoms with Crippen molar-refractivity contribution in [2.24, 2.45) is 0 Å². The summed E-state index contributed by atoms with van der Waals surface area (Å²) in [6.45, 7) is 1.74. The minimum absolute atomic E-state index is 0.256. The van der Waals surface area contributed by atoms with Crippen LogP contribution in [0, 0.1) is 18.3 Å². The Labute approximate surface area is 204 Å². The summed E-state index contributed by atoms with van der Waals surface area (Å²) < 4.78 is 6.93. The summed E-state index contributed by atoms with van der Waals surface area (Å²) >= 11 is 0. The summed E-state index contributed by atoms with van der Waals surface area (Å²) in [5, 5.41) is 14.2. The second kappa shape index (κ2) is 8.22. The Kier molecular flexibility index (Phi) is 4.87. The number of nitrogens with one attached hydrogen (secondary N) is 1. The van der Waals surface area contributed by atoms with E-state index in [-0.39, 0.29) is 5.56 Å². The third-order valence-electron chi connectivity index (χ3n) is 6.33. The van der Waals surface area contributed by atoms with Crippen molar-refractivity contribution in [2.45, 2.75) is 6.92 Å². The van der Waals surface area contributed by atoms with Crippen molar-refractivity contribution in [3.05, 3.63) is 116 Å². The molecular formula is C29H18N4O3. The lowest BCUT2D eigenvalue weighted by Gasteiger charge is -2.06. The Balaban J connectivity index is 1.41. The van der Waals surface area contributed by atoms with E-state index in [4.69, 9.17) is 4.42 Å². The van der Waals surface area contributed by atoms with Crippen molar-refractivity contribution in [3.63, 3.8) is 0 Å². The van der Waals surface area contributed by atoms with Crippen molar-refractivity contribution in [1.29, 1.82) is 5.26 Å². The number of fused-ring (bicyclic) bond motifs is 4. The molecule has 3 aromatic heterocycles. The zero-order chi connectivity index (χ0) is 24.8. The average molecular weight is 470 g/mol. The molecule has 0 amide bonds. The lowest BCUT2D eigenvalue weighted by molar-refractivity contribution is 0.563. The molecular weight excluding hydrogens is 452 g/mol. The zero-order valence-electron chi connectivity index (χ0n) is 19.1. The van der Waals surface area contributed by atoms with Crippen LogP contribution in [-0.4, -0.2) is 9.38 Å². The number of nitriles is 1. The fraction of sp³-hybridized carbons (Fsp3) is 0.0345. The maximum absolute atomic E-state index is 13.4. The molecule has 3 heterocycles. The minimum Gasteiger partial charge on any atom is -0.422 e. The number of anilines is 1. The summed E-state index contributed by atoms with van der Waals surface area (Å²) in [6, 6.07) is 26.0. The van der Waals surface area contributed by atoms with Crippen LogP contribution in [0.15, 0.2) is 92.9 Å². The van der Waals surface area contributed by atoms with Crippen molar-refractivity contribution in [2.75, 3.05) is 5.32 Å². The quantitative estimate of drug-likeness (QED) is 0.386. The van der Waals surface area contributed by atoms with Gasteiger partial charge in [-0.15, -0.1) is 0 Å². The van der Waals surface area contributed by atoms with E-state index in [9.17, 15) is 14.9 Å². The molecule has 0 aliphatic heterocycles. The highest BCUT2D eigenvalue weighted by molar-refractivity contribution is 5.83. The van der Waals surface area contributed by atoms with Gasteiger partial charge < -0.3 is 9.73 Å². The lowest BCUT2D eigenvalue weighted by Crippen LogP contribution is -2.34. The van der Waals surface area contributed by atoms with Gasteiger partial charge in [0.15, 0.2) is 5.65 Å². The number of rotatable bonds is 3. The molecule has 0 saturated heterocycles. The number of imidazole rings is 1. The number of hydrogen-bond acceptors (Lipinski definition) is 6. The molecule has 7 heteroatoms. The highest BCUT2D eigenvalue weighted by Gasteiger charge is 2.16. The molecule has 0 atom stereocenters. The minimum atomic E-state index is -0.405. The molecule has 6 rings (SSSR count). The van der Waals surface area contributed by atoms with Crippen molar-refractivity contribution in [3.8, 4) is 17.2 Å². The largest absolute Gasteiger partial charge is 0.422 e. The second-order valence-electron chi connectivity index (χ2n) is 8.44. The molecule has 7 nitrogen and oxygen atoms in total. The molecule has 0 spiro atoms. The normalized spacial score (nSPS) is 11.8. The maximum atomic E-state index is 13.4. The van der Waals surface area contributed by atoms with E-state index >= 15 is 0 Å². The molecule has 0 unspecified atom stereocenters. The highest BCUT2D eigenvalue weighted by Crippen LogP contribution is 2.23. The third kappa shape index (κ3) is 3.32. The molecule has 0 saturated carbocycles. The summed E-state index contributed by atoms with van der Waals surface area (Å²) in [6.07, 6.45) is 1.60. The van der Waals surface area contributed by atoms with E-state index in [1.807, 2.05) is 72.8 Å². The third-order valence-corrected chi connectivity index (χ3v) is 6.33. The molecule has 36 heavy (non-hydrogen) atoms. The van der Waals surface area contributed by atoms with Crippen molar-refractivity contribution < 1.29 is 4.42 Å². The zero-order valence-corrected chi connectivity index (χ0v) is 19.1. The first-order valence-corrected chi connectivity index (χ1v) is 11.3. The van der Waals surface area contributed by atoms with Crippen LogP contribution in [0.2, 0.25) is 0 Å². The van der Waals surface area contributed by atoms with Gasteiger partial charge in [0.1, 0.15) is 11.7 Å². The highest BCUT2D eigenvalue weighted by atomic mass is 16.4. The van der Waals surface area contributed by atoms with Crippen LogP contribution >= 0.6 is 0 Å². The number of para-hydroxylation sites is 3. The van der Waals surface area contributed by atoms with Crippen LogP contribution in [0.4, 0.5) is 5.69 Å². The lowest BCUT2D eigenvalue weighted by atomic mass is 10.1. The number of aromatic nitrogens is 2. The molecule has 172 valence electrons. The van der Waals surface area contributed by atoms with Crippen LogP contribution < -0.4 is 21.7 Å². The van der Waals surface area contributed by atoms with E-state index in [1.165, 1.54) is 4.40 Å². The van der Waals surface area contributed by atoms with Crippen LogP contribution in [-0.2, 0) is 0 Å². The SMILES string of the molecule is Cc1c(C#N)c2nc3ccccc3n2c(=O)/c1=C\Nc1ccc(-c2cc3ccccc3oc2=O)cc1. The van der Waals surface area contributed by atoms with Crippen LogP contribution in [0.25, 0.3) is 45.0 Å². The Morgan fingerprint density at radius 3 is 2.56 bits per heavy atom. The van der Waals surface area contributed by atoms with Gasteiger partial charge in [-0.2, -0.15) is 5.26 Å². The van der Waals surface area contributed by atoms with E-state index in [1.54, 1.807) is 19.2 Å². The van der Waals surface area contributed by atoms with Crippen LogP contribution in [0.1, 0.15) is 11.1 Å². The predicted molar refractivity (Wildman–Crippen MR) is 140 cm³/mol. The molecule has 0 fully saturated rings. The Morgan fingerprint density at radius 1 is 1.00 bits per heavy atom. The van der Waals surface area contributed by atoms with E-state index in [2.05, 4.69) is 16.4 Å². The van der Waals surface area contributed by atoms with Crippen molar-refractivity contribution >= 4 is 39.5 Å². The fourth-order valence-corrected chi connectivity index (χ4v) is 4.45. The van der Waals surface area contributed by atoms with Gasteiger partial charge in [-0.05, 0) is 54.4 Å². The van der Waals surface area contributed by atoms with Crippen LogP contribution in [0.5, 0.6) is 0 Å². The number of hydrogen-bond donors (Lipinski definition) is 1. The first-order chi connectivity index (χ1) is 17.5. The molecule has 0 aliphatic carbocycles. The topological polar surface area (TPSA) is 100 Å². The summed E-state index contributed by atoms with van der Waals surface area (Å²) in [5.74, 6) is 0. The first-order valence-electron chi connectivity index (χ1n) is 11.3. The van der Waals surface area contributed by atoms with Gasteiger partial charge in [0.05, 0.1) is 27.4 Å². The molecule has 3 aromatic carbocycles. The Bertz CT molecular complexity index is 2030. The summed E-state index contributed by atoms with van der Waals surface area (Å²) in [4.78, 5) is 30.4. The number of nitrogens with zero attached hydrogens (tertiary/aromatic N) is 3. The summed E-state index contributed by atoms with van der Waals surface area (Å²) in [7, 11) is 0. The van der Waals surface area contributed by atoms with Gasteiger partial charge in [-0.1, -0.05) is 42.5 Å². The van der Waals surface area contributed by atoms with Gasteiger partial charge in [-0.3, -0.25) is 9.20 Å². The number of pyridine rings is 1. The van der Waals surface area contributed by atoms with Gasteiger partial charge in [-0.25, -0.2) is 9.78 Å². The second-order valence-corrected chi connectivity index (χ2v) is 8.44. The van der Waals surface area contributed by atoms with E-state index < -0.39 is 5.63 Å². The molecule has 0 bridgehead atoms. The molecule has 1 N–H and O–H groups in total. The average Bonchev–Trinajstić information content (AvgIpc) is 3.28. The van der Waals surface area contributed by atoms with E-state index in [0.29, 0.717) is 44.2 Å². The maximum Gasteiger partial charge on any atom is 0.344 e. The molecule has 0 radical (unpaired) electrons.